The van der Waals surface area contributed by atoms with Crippen LogP contribution in [-0.2, 0) is 18.3 Å². The van der Waals surface area contributed by atoms with Crippen molar-refractivity contribution in [2.45, 2.75) is 13.3 Å². The van der Waals surface area contributed by atoms with Crippen LogP contribution in [-0.4, -0.2) is 33.3 Å². The van der Waals surface area contributed by atoms with Gasteiger partial charge in [-0.15, -0.1) is 0 Å². The molecular weight excluding hydrogens is 424 g/mol. The van der Waals surface area contributed by atoms with Crippen LogP contribution in [0.15, 0.2) is 60.9 Å². The molecule has 1 amide bonds. The minimum atomic E-state index is -0.247. The van der Waals surface area contributed by atoms with E-state index in [1.54, 1.807) is 24.4 Å². The number of hydrogen-bond acceptors (Lipinski definition) is 6. The minimum Gasteiger partial charge on any atom is -0.496 e. The number of thiazole rings is 1. The van der Waals surface area contributed by atoms with Crippen LogP contribution in [0, 0.1) is 0 Å². The maximum Gasteiger partial charge on any atom is 0.230 e. The van der Waals surface area contributed by atoms with Gasteiger partial charge in [0.1, 0.15) is 5.75 Å². The number of ether oxygens (including phenoxy) is 1. The topological polar surface area (TPSA) is 86.1 Å². The summed E-state index contributed by atoms with van der Waals surface area (Å²) in [6, 6.07) is 14.9. The highest BCUT2D eigenvalue weighted by Gasteiger charge is 2.20. The summed E-state index contributed by atoms with van der Waals surface area (Å²) in [7, 11) is 3.46. The number of aryl methyl sites for hydroxylation is 1. The molecule has 2 aromatic heterocycles. The summed E-state index contributed by atoms with van der Waals surface area (Å²) < 4.78 is 7.28. The second-order valence-corrected chi connectivity index (χ2v) is 8.23. The fourth-order valence-electron chi connectivity index (χ4n) is 3.37. The molecule has 0 saturated heterocycles. The lowest BCUT2D eigenvalue weighted by atomic mass is 10.0. The number of hydrogen-bond donors (Lipinski definition) is 1. The van der Waals surface area contributed by atoms with E-state index in [1.807, 2.05) is 48.1 Å². The Morgan fingerprint density at radius 3 is 2.59 bits per heavy atom. The molecule has 0 atom stereocenters. The number of Topliss-reactive ketones (excluding diaryl/α,β-unsaturated/α-hetero) is 1. The number of ketones is 1. The molecule has 8 heteroatoms. The third kappa shape index (κ3) is 4.45. The van der Waals surface area contributed by atoms with Gasteiger partial charge in [-0.25, -0.2) is 9.97 Å². The van der Waals surface area contributed by atoms with Gasteiger partial charge in [0.15, 0.2) is 16.7 Å². The van der Waals surface area contributed by atoms with Gasteiger partial charge in [-0.3, -0.25) is 9.59 Å². The summed E-state index contributed by atoms with van der Waals surface area (Å²) in [5, 5.41) is 3.37. The molecule has 0 aliphatic heterocycles. The van der Waals surface area contributed by atoms with E-state index in [1.165, 1.54) is 25.4 Å². The molecule has 0 unspecified atom stereocenters. The van der Waals surface area contributed by atoms with E-state index in [9.17, 15) is 9.59 Å². The number of methoxy groups -OCH3 is 1. The van der Waals surface area contributed by atoms with E-state index in [0.717, 1.165) is 22.0 Å². The highest BCUT2D eigenvalue weighted by molar-refractivity contribution is 7.19. The molecule has 0 aliphatic rings. The average molecular weight is 447 g/mol. The van der Waals surface area contributed by atoms with Crippen molar-refractivity contribution in [2.24, 2.45) is 7.05 Å². The summed E-state index contributed by atoms with van der Waals surface area (Å²) in [5.74, 6) is 1.02. The molecule has 1 N–H and O–H groups in total. The molecule has 0 radical (unpaired) electrons. The Bertz CT molecular complexity index is 1280. The van der Waals surface area contributed by atoms with Gasteiger partial charge in [-0.1, -0.05) is 41.7 Å². The van der Waals surface area contributed by atoms with Crippen molar-refractivity contribution >= 4 is 28.2 Å². The molecule has 0 saturated carbocycles. The van der Waals surface area contributed by atoms with Crippen molar-refractivity contribution < 1.29 is 14.3 Å². The van der Waals surface area contributed by atoms with Gasteiger partial charge in [-0.05, 0) is 25.1 Å². The van der Waals surface area contributed by atoms with Gasteiger partial charge >= 0.3 is 0 Å². The van der Waals surface area contributed by atoms with Gasteiger partial charge < -0.3 is 14.6 Å². The van der Waals surface area contributed by atoms with E-state index in [0.29, 0.717) is 22.0 Å². The number of carbonyl (C=O) groups excluding carboxylic acids is 2. The third-order valence-electron chi connectivity index (χ3n) is 4.98. The zero-order valence-electron chi connectivity index (χ0n) is 18.0. The fourth-order valence-corrected chi connectivity index (χ4v) is 4.42. The Balaban J connectivity index is 1.63. The van der Waals surface area contributed by atoms with Crippen molar-refractivity contribution in [1.82, 2.24) is 14.5 Å². The van der Waals surface area contributed by atoms with Crippen molar-refractivity contribution in [1.29, 1.82) is 0 Å². The Hall–Kier alpha value is -3.78. The number of aromatic nitrogens is 3. The number of benzene rings is 2. The van der Waals surface area contributed by atoms with E-state index in [-0.39, 0.29) is 18.1 Å². The Morgan fingerprint density at radius 2 is 1.94 bits per heavy atom. The first-order valence-electron chi connectivity index (χ1n) is 9.98. The van der Waals surface area contributed by atoms with E-state index < -0.39 is 0 Å². The Labute approximate surface area is 189 Å². The fraction of sp³-hybridized carbons (Fsp3) is 0.167. The molecule has 0 aliphatic carbocycles. The number of anilines is 1. The Kier molecular flexibility index (Phi) is 6.13. The first kappa shape index (κ1) is 21.5. The van der Waals surface area contributed by atoms with Crippen LogP contribution in [0.3, 0.4) is 0 Å². The first-order valence-corrected chi connectivity index (χ1v) is 10.8. The molecule has 32 heavy (non-hydrogen) atoms. The predicted molar refractivity (Wildman–Crippen MR) is 125 cm³/mol. The largest absolute Gasteiger partial charge is 0.496 e. The van der Waals surface area contributed by atoms with Gasteiger partial charge in [0.2, 0.25) is 5.91 Å². The lowest BCUT2D eigenvalue weighted by Gasteiger charge is -2.09. The molecule has 0 spiro atoms. The summed E-state index contributed by atoms with van der Waals surface area (Å²) in [6.07, 6.45) is 3.66. The van der Waals surface area contributed by atoms with E-state index >= 15 is 0 Å². The van der Waals surface area contributed by atoms with E-state index in [4.69, 9.17) is 9.72 Å². The van der Waals surface area contributed by atoms with Crippen LogP contribution in [0.5, 0.6) is 5.75 Å². The SMILES string of the molecule is COc1ccc(C(C)=O)cc1CC(=O)Nc1nc(-c2ccccc2)c(-c2nccn2C)s1. The number of nitrogens with one attached hydrogen (secondary N) is 1. The minimum absolute atomic E-state index is 0.0578. The summed E-state index contributed by atoms with van der Waals surface area (Å²) in [4.78, 5) is 34.6. The number of nitrogens with zero attached hydrogens (tertiary/aromatic N) is 3. The molecule has 162 valence electrons. The molecule has 0 bridgehead atoms. The van der Waals surface area contributed by atoms with Crippen LogP contribution in [0.25, 0.3) is 22.0 Å². The van der Waals surface area contributed by atoms with Crippen molar-refractivity contribution in [3.63, 3.8) is 0 Å². The normalized spacial score (nSPS) is 10.7. The molecule has 4 rings (SSSR count). The average Bonchev–Trinajstić information content (AvgIpc) is 3.39. The van der Waals surface area contributed by atoms with Gasteiger partial charge in [0.25, 0.3) is 0 Å². The standard InChI is InChI=1S/C24H22N4O3S/c1-15(29)17-9-10-19(31-3)18(13-17)14-20(30)26-24-27-21(16-7-5-4-6-8-16)22(32-24)23-25-11-12-28(23)2/h4-13H,14H2,1-3H3,(H,26,27,30). The third-order valence-corrected chi connectivity index (χ3v) is 5.95. The number of amides is 1. The lowest BCUT2D eigenvalue weighted by molar-refractivity contribution is -0.115. The van der Waals surface area contributed by atoms with Crippen LogP contribution in [0.1, 0.15) is 22.8 Å². The monoisotopic (exact) mass is 446 g/mol. The van der Waals surface area contributed by atoms with E-state index in [2.05, 4.69) is 10.3 Å². The highest BCUT2D eigenvalue weighted by atomic mass is 32.1. The second kappa shape index (κ2) is 9.15. The van der Waals surface area contributed by atoms with Crippen LogP contribution in [0.2, 0.25) is 0 Å². The van der Waals surface area contributed by atoms with Crippen molar-refractivity contribution in [3.8, 4) is 27.7 Å². The van der Waals surface area contributed by atoms with Gasteiger partial charge in [-0.2, -0.15) is 0 Å². The van der Waals surface area contributed by atoms with Crippen LogP contribution >= 0.6 is 11.3 Å². The highest BCUT2D eigenvalue weighted by Crippen LogP contribution is 2.38. The zero-order chi connectivity index (χ0) is 22.7. The molecular formula is C24H22N4O3S. The van der Waals surface area contributed by atoms with Crippen molar-refractivity contribution in [3.05, 3.63) is 72.1 Å². The Morgan fingerprint density at radius 1 is 1.16 bits per heavy atom. The smallest absolute Gasteiger partial charge is 0.230 e. The van der Waals surface area contributed by atoms with Crippen LogP contribution < -0.4 is 10.1 Å². The molecule has 4 aromatic rings. The quantitative estimate of drug-likeness (QED) is 0.419. The molecule has 2 heterocycles. The predicted octanol–water partition coefficient (Wildman–Crippen LogP) is 4.60. The van der Waals surface area contributed by atoms with Crippen molar-refractivity contribution in [2.75, 3.05) is 12.4 Å². The zero-order valence-corrected chi connectivity index (χ0v) is 18.8. The summed E-state index contributed by atoms with van der Waals surface area (Å²) in [6.45, 7) is 1.49. The summed E-state index contributed by atoms with van der Waals surface area (Å²) >= 11 is 1.37. The lowest BCUT2D eigenvalue weighted by Crippen LogP contribution is -2.15. The second-order valence-electron chi connectivity index (χ2n) is 7.23. The maximum absolute atomic E-state index is 12.8. The van der Waals surface area contributed by atoms with Gasteiger partial charge in [0.05, 0.1) is 24.1 Å². The summed E-state index contributed by atoms with van der Waals surface area (Å²) in [5.41, 5.74) is 2.88. The molecule has 2 aromatic carbocycles. The number of imidazole rings is 1. The number of rotatable bonds is 7. The van der Waals surface area contributed by atoms with Gasteiger partial charge in [0, 0.05) is 36.1 Å². The van der Waals surface area contributed by atoms with Crippen LogP contribution in [0.4, 0.5) is 5.13 Å². The first-order chi connectivity index (χ1) is 15.5. The molecule has 0 fully saturated rings. The number of carbonyl (C=O) groups is 2. The molecule has 7 nitrogen and oxygen atoms in total. The maximum atomic E-state index is 12.8.